The van der Waals surface area contributed by atoms with Crippen molar-refractivity contribution in [3.05, 3.63) is 48.0 Å². The Morgan fingerprint density at radius 1 is 1.10 bits per heavy atom. The molecule has 2 heterocycles. The SMILES string of the molecule is O=C(NCCOc1ccc2c(c1)OCO2)Nc1ccc(CN2C(=O)CSC2=O)cc1. The molecule has 0 atom stereocenters. The van der Waals surface area contributed by atoms with E-state index in [4.69, 9.17) is 14.2 Å². The lowest BCUT2D eigenvalue weighted by molar-refractivity contribution is -0.125. The number of fused-ring (bicyclic) bond motifs is 1. The number of carbonyl (C=O) groups excluding carboxylic acids is 3. The minimum atomic E-state index is -0.363. The molecule has 2 aromatic rings. The van der Waals surface area contributed by atoms with Crippen LogP contribution >= 0.6 is 11.8 Å². The number of thioether (sulfide) groups is 1. The number of amides is 4. The first-order chi connectivity index (χ1) is 14.6. The van der Waals surface area contributed by atoms with E-state index in [1.165, 1.54) is 4.90 Å². The van der Waals surface area contributed by atoms with E-state index in [1.54, 1.807) is 42.5 Å². The van der Waals surface area contributed by atoms with Crippen LogP contribution in [0.1, 0.15) is 5.56 Å². The highest BCUT2D eigenvalue weighted by Gasteiger charge is 2.29. The second-order valence-electron chi connectivity index (χ2n) is 6.48. The number of urea groups is 1. The summed E-state index contributed by atoms with van der Waals surface area (Å²) in [7, 11) is 0. The highest BCUT2D eigenvalue weighted by atomic mass is 32.2. The summed E-state index contributed by atoms with van der Waals surface area (Å²) in [6.45, 7) is 1.04. The quantitative estimate of drug-likeness (QED) is 0.652. The molecule has 1 saturated heterocycles. The van der Waals surface area contributed by atoms with Gasteiger partial charge in [-0.1, -0.05) is 23.9 Å². The zero-order valence-corrected chi connectivity index (χ0v) is 16.7. The Bertz CT molecular complexity index is 950. The highest BCUT2D eigenvalue weighted by Crippen LogP contribution is 2.35. The molecule has 2 aliphatic rings. The molecular weight excluding hydrogens is 410 g/mol. The molecule has 0 aromatic heterocycles. The number of ether oxygens (including phenoxy) is 3. The van der Waals surface area contributed by atoms with E-state index in [1.807, 2.05) is 0 Å². The van der Waals surface area contributed by atoms with Gasteiger partial charge in [-0.2, -0.15) is 0 Å². The maximum atomic E-state index is 12.0. The minimum Gasteiger partial charge on any atom is -0.492 e. The molecule has 0 saturated carbocycles. The van der Waals surface area contributed by atoms with Crippen molar-refractivity contribution in [2.45, 2.75) is 6.54 Å². The monoisotopic (exact) mass is 429 g/mol. The van der Waals surface area contributed by atoms with Crippen molar-refractivity contribution in [1.82, 2.24) is 10.2 Å². The first-order valence-corrected chi connectivity index (χ1v) is 10.2. The third-order valence-electron chi connectivity index (χ3n) is 4.39. The average molecular weight is 429 g/mol. The maximum absolute atomic E-state index is 12.0. The van der Waals surface area contributed by atoms with E-state index in [2.05, 4.69) is 10.6 Å². The summed E-state index contributed by atoms with van der Waals surface area (Å²) < 4.78 is 16.1. The lowest BCUT2D eigenvalue weighted by atomic mass is 10.2. The van der Waals surface area contributed by atoms with Crippen molar-refractivity contribution in [2.75, 3.05) is 31.0 Å². The Kier molecular flexibility index (Phi) is 5.94. The predicted molar refractivity (Wildman–Crippen MR) is 110 cm³/mol. The molecule has 0 bridgehead atoms. The number of anilines is 1. The van der Waals surface area contributed by atoms with Gasteiger partial charge in [0, 0.05) is 11.8 Å². The molecule has 0 radical (unpaired) electrons. The number of nitrogens with zero attached hydrogens (tertiary/aromatic N) is 1. The fourth-order valence-corrected chi connectivity index (χ4v) is 3.61. The number of imide groups is 1. The molecule has 0 aliphatic carbocycles. The van der Waals surface area contributed by atoms with Crippen LogP contribution in [-0.4, -0.2) is 47.8 Å². The molecule has 9 nitrogen and oxygen atoms in total. The van der Waals surface area contributed by atoms with Crippen LogP contribution in [0.15, 0.2) is 42.5 Å². The van der Waals surface area contributed by atoms with Crippen LogP contribution in [0, 0.1) is 0 Å². The normalized spacial score (nSPS) is 14.7. The molecule has 2 N–H and O–H groups in total. The molecule has 156 valence electrons. The van der Waals surface area contributed by atoms with Crippen LogP contribution < -0.4 is 24.8 Å². The van der Waals surface area contributed by atoms with Gasteiger partial charge in [0.25, 0.3) is 5.24 Å². The summed E-state index contributed by atoms with van der Waals surface area (Å²) in [5, 5.41) is 5.19. The highest BCUT2D eigenvalue weighted by molar-refractivity contribution is 8.14. The van der Waals surface area contributed by atoms with E-state index in [-0.39, 0.29) is 36.3 Å². The molecule has 30 heavy (non-hydrogen) atoms. The minimum absolute atomic E-state index is 0.186. The smallest absolute Gasteiger partial charge is 0.319 e. The molecule has 2 aromatic carbocycles. The van der Waals surface area contributed by atoms with Gasteiger partial charge in [0.15, 0.2) is 11.5 Å². The summed E-state index contributed by atoms with van der Waals surface area (Å²) in [5.41, 5.74) is 1.41. The van der Waals surface area contributed by atoms with Gasteiger partial charge in [-0.3, -0.25) is 14.5 Å². The van der Waals surface area contributed by atoms with Gasteiger partial charge in [0.1, 0.15) is 12.4 Å². The van der Waals surface area contributed by atoms with Gasteiger partial charge in [0.2, 0.25) is 12.7 Å². The molecule has 10 heteroatoms. The number of nitrogens with one attached hydrogen (secondary N) is 2. The average Bonchev–Trinajstić information content (AvgIpc) is 3.34. The van der Waals surface area contributed by atoms with Crippen molar-refractivity contribution >= 4 is 34.6 Å². The Labute approximate surface area is 176 Å². The fourth-order valence-electron chi connectivity index (χ4n) is 2.89. The van der Waals surface area contributed by atoms with Crippen molar-refractivity contribution in [1.29, 1.82) is 0 Å². The van der Waals surface area contributed by atoms with Crippen LogP contribution in [0.3, 0.4) is 0 Å². The molecule has 2 aliphatic heterocycles. The lowest BCUT2D eigenvalue weighted by Crippen LogP contribution is -2.32. The summed E-state index contributed by atoms with van der Waals surface area (Å²) in [6, 6.07) is 11.9. The Hall–Kier alpha value is -3.40. The van der Waals surface area contributed by atoms with Gasteiger partial charge >= 0.3 is 6.03 Å². The summed E-state index contributed by atoms with van der Waals surface area (Å²) in [5.74, 6) is 1.96. The molecule has 4 rings (SSSR count). The van der Waals surface area contributed by atoms with Crippen LogP contribution in [0.5, 0.6) is 17.2 Å². The van der Waals surface area contributed by atoms with Crippen LogP contribution in [0.2, 0.25) is 0 Å². The third-order valence-corrected chi connectivity index (χ3v) is 5.25. The van der Waals surface area contributed by atoms with E-state index < -0.39 is 0 Å². The van der Waals surface area contributed by atoms with Gasteiger partial charge in [-0.15, -0.1) is 0 Å². The first kappa shape index (κ1) is 19.9. The zero-order chi connectivity index (χ0) is 20.9. The van der Waals surface area contributed by atoms with Gasteiger partial charge in [0.05, 0.1) is 18.8 Å². The molecule has 0 spiro atoms. The van der Waals surface area contributed by atoms with Gasteiger partial charge in [-0.25, -0.2) is 4.79 Å². The molecular formula is C20H19N3O6S. The van der Waals surface area contributed by atoms with Crippen LogP contribution in [0.25, 0.3) is 0 Å². The number of rotatable bonds is 7. The summed E-state index contributed by atoms with van der Waals surface area (Å²) in [6.07, 6.45) is 0. The summed E-state index contributed by atoms with van der Waals surface area (Å²) >= 11 is 1.01. The van der Waals surface area contributed by atoms with E-state index in [9.17, 15) is 14.4 Å². The zero-order valence-electron chi connectivity index (χ0n) is 15.9. The predicted octanol–water partition coefficient (Wildman–Crippen LogP) is 2.81. The van der Waals surface area contributed by atoms with E-state index in [0.717, 1.165) is 17.3 Å². The molecule has 1 fully saturated rings. The Morgan fingerprint density at radius 3 is 2.67 bits per heavy atom. The Morgan fingerprint density at radius 2 is 1.90 bits per heavy atom. The standard InChI is InChI=1S/C20H19N3O6S/c24-18-11-30-20(26)23(18)10-13-1-3-14(4-2-13)22-19(25)21-7-8-27-15-5-6-16-17(9-15)29-12-28-16/h1-6,9H,7-8,10-12H2,(H2,21,22,25). The van der Waals surface area contributed by atoms with Crippen molar-refractivity contribution in [3.63, 3.8) is 0 Å². The molecule has 4 amide bonds. The van der Waals surface area contributed by atoms with Crippen molar-refractivity contribution in [2.24, 2.45) is 0 Å². The number of carbonyl (C=O) groups is 3. The van der Waals surface area contributed by atoms with Crippen molar-refractivity contribution in [3.8, 4) is 17.2 Å². The van der Waals surface area contributed by atoms with Crippen molar-refractivity contribution < 1.29 is 28.6 Å². The largest absolute Gasteiger partial charge is 0.492 e. The third kappa shape index (κ3) is 4.77. The Balaban J connectivity index is 1.18. The number of hydrogen-bond acceptors (Lipinski definition) is 7. The topological polar surface area (TPSA) is 106 Å². The lowest BCUT2D eigenvalue weighted by Gasteiger charge is -2.13. The van der Waals surface area contributed by atoms with Crippen LogP contribution in [-0.2, 0) is 11.3 Å². The second kappa shape index (κ2) is 8.95. The van der Waals surface area contributed by atoms with Crippen LogP contribution in [0.4, 0.5) is 15.3 Å². The number of hydrogen-bond donors (Lipinski definition) is 2. The number of benzene rings is 2. The fraction of sp³-hybridized carbons (Fsp3) is 0.250. The molecule has 0 unspecified atom stereocenters. The van der Waals surface area contributed by atoms with E-state index in [0.29, 0.717) is 36.1 Å². The van der Waals surface area contributed by atoms with Gasteiger partial charge < -0.3 is 24.8 Å². The maximum Gasteiger partial charge on any atom is 0.319 e. The van der Waals surface area contributed by atoms with E-state index >= 15 is 0 Å². The summed E-state index contributed by atoms with van der Waals surface area (Å²) in [4.78, 5) is 36.5. The second-order valence-corrected chi connectivity index (χ2v) is 7.40. The first-order valence-electron chi connectivity index (χ1n) is 9.22. The van der Waals surface area contributed by atoms with Gasteiger partial charge in [-0.05, 0) is 29.8 Å².